The van der Waals surface area contributed by atoms with E-state index in [4.69, 9.17) is 16.3 Å². The molecule has 0 radical (unpaired) electrons. The van der Waals surface area contributed by atoms with Gasteiger partial charge in [-0.2, -0.15) is 4.31 Å². The number of methoxy groups -OCH3 is 1. The van der Waals surface area contributed by atoms with Crippen molar-refractivity contribution in [3.8, 4) is 5.75 Å². The Balaban J connectivity index is 1.36. The lowest BCUT2D eigenvalue weighted by Gasteiger charge is -2.32. The van der Waals surface area contributed by atoms with Gasteiger partial charge in [-0.25, -0.2) is 16.8 Å². The smallest absolute Gasteiger partial charge is 0.262 e. The van der Waals surface area contributed by atoms with Crippen LogP contribution in [-0.2, 0) is 24.8 Å². The maximum atomic E-state index is 13.9. The van der Waals surface area contributed by atoms with Crippen LogP contribution in [0.2, 0.25) is 0 Å². The molecule has 12 heteroatoms. The second-order valence-corrected chi connectivity index (χ2v) is 15.5. The second-order valence-electron chi connectivity index (χ2n) is 11.7. The van der Waals surface area contributed by atoms with E-state index in [9.17, 15) is 21.6 Å². The first-order chi connectivity index (χ1) is 21.4. The number of nitrogens with one attached hydrogen (secondary N) is 2. The van der Waals surface area contributed by atoms with E-state index in [2.05, 4.69) is 10.0 Å². The van der Waals surface area contributed by atoms with Gasteiger partial charge in [0.1, 0.15) is 5.75 Å². The van der Waals surface area contributed by atoms with E-state index in [0.717, 1.165) is 11.3 Å². The Hall–Kier alpha value is -3.64. The van der Waals surface area contributed by atoms with Crippen LogP contribution in [0.3, 0.4) is 0 Å². The molecule has 0 spiro atoms. The number of hydrogen-bond acceptors (Lipinski definition) is 6. The molecule has 1 aliphatic rings. The van der Waals surface area contributed by atoms with Crippen LogP contribution in [0.5, 0.6) is 5.75 Å². The Labute approximate surface area is 269 Å². The van der Waals surface area contributed by atoms with Crippen molar-refractivity contribution < 1.29 is 26.4 Å². The summed E-state index contributed by atoms with van der Waals surface area (Å²) >= 11 is 5.88. The highest BCUT2D eigenvalue weighted by Gasteiger charge is 2.32. The molecule has 1 fully saturated rings. The minimum atomic E-state index is -4.11. The average Bonchev–Trinajstić information content (AvgIpc) is 3.04. The Morgan fingerprint density at radius 1 is 0.844 bits per heavy atom. The number of rotatable bonds is 10. The summed E-state index contributed by atoms with van der Waals surface area (Å²) in [6, 6.07) is 23.4. The largest absolute Gasteiger partial charge is 0.496 e. The highest BCUT2D eigenvalue weighted by Crippen LogP contribution is 2.37. The van der Waals surface area contributed by atoms with Gasteiger partial charge in [-0.15, -0.1) is 11.6 Å². The van der Waals surface area contributed by atoms with E-state index in [1.807, 2.05) is 24.3 Å². The summed E-state index contributed by atoms with van der Waals surface area (Å²) in [7, 11) is -6.39. The number of piperidine rings is 1. The van der Waals surface area contributed by atoms with Gasteiger partial charge in [-0.3, -0.25) is 9.52 Å². The number of alkyl halides is 1. The van der Waals surface area contributed by atoms with E-state index < -0.39 is 25.5 Å². The molecule has 0 bridgehead atoms. The van der Waals surface area contributed by atoms with Crippen LogP contribution in [0.4, 0.5) is 11.4 Å². The number of para-hydroxylation sites is 1. The zero-order valence-electron chi connectivity index (χ0n) is 25.3. The molecule has 5 rings (SSSR count). The Morgan fingerprint density at radius 2 is 1.42 bits per heavy atom. The number of hydrogen-bond donors (Lipinski definition) is 2. The maximum absolute atomic E-state index is 13.9. The number of anilines is 2. The van der Waals surface area contributed by atoms with E-state index in [1.54, 1.807) is 57.4 Å². The van der Waals surface area contributed by atoms with E-state index in [-0.39, 0.29) is 33.2 Å². The number of amides is 1. The fourth-order valence-electron chi connectivity index (χ4n) is 5.45. The summed E-state index contributed by atoms with van der Waals surface area (Å²) in [6.45, 7) is 4.12. The van der Waals surface area contributed by atoms with Gasteiger partial charge >= 0.3 is 0 Å². The van der Waals surface area contributed by atoms with E-state index in [1.165, 1.54) is 28.6 Å². The van der Waals surface area contributed by atoms with Crippen molar-refractivity contribution in [2.24, 2.45) is 5.41 Å². The first kappa shape index (κ1) is 32.7. The number of benzene rings is 4. The summed E-state index contributed by atoms with van der Waals surface area (Å²) in [5.41, 5.74) is 1.07. The Morgan fingerprint density at radius 3 is 2.04 bits per heavy atom. The molecule has 4 aromatic carbocycles. The molecular weight excluding hydrogens is 634 g/mol. The predicted octanol–water partition coefficient (Wildman–Crippen LogP) is 6.42. The lowest BCUT2D eigenvalue weighted by Crippen LogP contribution is -2.38. The van der Waals surface area contributed by atoms with E-state index in [0.29, 0.717) is 42.4 Å². The third-order valence-corrected chi connectivity index (χ3v) is 12.2. The Bertz CT molecular complexity index is 1920. The van der Waals surface area contributed by atoms with Crippen LogP contribution < -0.4 is 14.8 Å². The lowest BCUT2D eigenvalue weighted by atomic mass is 9.89. The van der Waals surface area contributed by atoms with Crippen LogP contribution in [0, 0.1) is 5.41 Å². The van der Waals surface area contributed by atoms with Gasteiger partial charge in [0.25, 0.3) is 10.0 Å². The summed E-state index contributed by atoms with van der Waals surface area (Å²) in [6.07, 6.45) is 1.28. The highest BCUT2D eigenvalue weighted by molar-refractivity contribution is 7.93. The van der Waals surface area contributed by atoms with Crippen LogP contribution in [0.25, 0.3) is 10.8 Å². The number of halogens is 1. The summed E-state index contributed by atoms with van der Waals surface area (Å²) < 4.78 is 64.5. The van der Waals surface area contributed by atoms with Gasteiger partial charge in [0.05, 0.1) is 22.3 Å². The molecule has 1 heterocycles. The van der Waals surface area contributed by atoms with Crippen LogP contribution in [-0.4, -0.2) is 53.1 Å². The number of carbonyl (C=O) groups is 1. The molecule has 0 aliphatic carbocycles. The number of sulfonamides is 2. The summed E-state index contributed by atoms with van der Waals surface area (Å²) in [5, 5.41) is 3.39. The third kappa shape index (κ3) is 6.81. The van der Waals surface area contributed by atoms with Crippen molar-refractivity contribution in [1.29, 1.82) is 0 Å². The van der Waals surface area contributed by atoms with Crippen molar-refractivity contribution in [3.05, 3.63) is 90.5 Å². The van der Waals surface area contributed by atoms with Crippen LogP contribution in [0.15, 0.2) is 94.7 Å². The number of ether oxygens (including phenoxy) is 1. The topological polar surface area (TPSA) is 122 Å². The highest BCUT2D eigenvalue weighted by atomic mass is 35.5. The number of carbonyl (C=O) groups excluding carboxylic acids is 1. The molecule has 0 unspecified atom stereocenters. The molecule has 45 heavy (non-hydrogen) atoms. The molecule has 9 nitrogen and oxygen atoms in total. The number of nitrogens with zero attached hydrogens (tertiary/aromatic N) is 1. The Kier molecular flexibility index (Phi) is 9.46. The SMILES string of the molecule is COc1ccccc1C1CCN(S(=O)(=O)c2cccc3c(S(=O)(=O)Nc4ccc(NC(=O)C(C)(C)CCl)cc4)cccc23)CC1. The molecule has 0 atom stereocenters. The minimum absolute atomic E-state index is 0.0480. The molecule has 1 saturated heterocycles. The fourth-order valence-corrected chi connectivity index (χ4v) is 8.53. The monoisotopic (exact) mass is 669 g/mol. The predicted molar refractivity (Wildman–Crippen MR) is 178 cm³/mol. The zero-order valence-corrected chi connectivity index (χ0v) is 27.7. The minimum Gasteiger partial charge on any atom is -0.496 e. The van der Waals surface area contributed by atoms with Crippen molar-refractivity contribution in [3.63, 3.8) is 0 Å². The molecule has 1 amide bonds. The molecule has 0 saturated carbocycles. The van der Waals surface area contributed by atoms with Gasteiger partial charge in [0.2, 0.25) is 15.9 Å². The molecule has 1 aliphatic heterocycles. The van der Waals surface area contributed by atoms with Gasteiger partial charge < -0.3 is 10.1 Å². The first-order valence-electron chi connectivity index (χ1n) is 14.5. The van der Waals surface area contributed by atoms with Crippen molar-refractivity contribution in [2.45, 2.75) is 42.4 Å². The average molecular weight is 670 g/mol. The maximum Gasteiger partial charge on any atom is 0.262 e. The van der Waals surface area contributed by atoms with Gasteiger partial charge in [-0.1, -0.05) is 42.5 Å². The molecule has 0 aromatic heterocycles. The molecule has 4 aromatic rings. The lowest BCUT2D eigenvalue weighted by molar-refractivity contribution is -0.122. The van der Waals surface area contributed by atoms with Gasteiger partial charge in [-0.05, 0) is 80.6 Å². The standard InChI is InChI=1S/C33H36ClN3O6S2/c1-33(2,22-34)32(38)35-24-14-16-25(17-15-24)36-44(39,40)30-12-6-10-28-27(30)9-7-13-31(28)45(41,42)37-20-18-23(19-21-37)26-8-4-5-11-29(26)43-3/h4-17,23,36H,18-22H2,1-3H3,(H,35,38). The van der Waals surface area contributed by atoms with Gasteiger partial charge in [0, 0.05) is 41.1 Å². The fraction of sp³-hybridized carbons (Fsp3) is 0.303. The van der Waals surface area contributed by atoms with Crippen molar-refractivity contribution in [2.75, 3.05) is 36.1 Å². The van der Waals surface area contributed by atoms with Crippen LogP contribution in [0.1, 0.15) is 38.2 Å². The molecular formula is C33H36ClN3O6S2. The molecule has 2 N–H and O–H groups in total. The normalized spacial score (nSPS) is 15.1. The quantitative estimate of drug-likeness (QED) is 0.188. The summed E-state index contributed by atoms with van der Waals surface area (Å²) in [4.78, 5) is 12.4. The van der Waals surface area contributed by atoms with Crippen molar-refractivity contribution >= 4 is 59.7 Å². The molecule has 238 valence electrons. The van der Waals surface area contributed by atoms with Crippen LogP contribution >= 0.6 is 11.6 Å². The van der Waals surface area contributed by atoms with Crippen molar-refractivity contribution in [1.82, 2.24) is 4.31 Å². The van der Waals surface area contributed by atoms with E-state index >= 15 is 0 Å². The number of fused-ring (bicyclic) bond motifs is 1. The summed E-state index contributed by atoms with van der Waals surface area (Å²) in [5.74, 6) is 0.857. The first-order valence-corrected chi connectivity index (χ1v) is 18.0. The third-order valence-electron chi connectivity index (χ3n) is 8.13. The van der Waals surface area contributed by atoms with Gasteiger partial charge in [0.15, 0.2) is 0 Å². The zero-order chi connectivity index (χ0) is 32.4. The second kappa shape index (κ2) is 13.0.